The lowest BCUT2D eigenvalue weighted by Gasteiger charge is -2.49. The molecule has 21 heavy (non-hydrogen) atoms. The third-order valence-corrected chi connectivity index (χ3v) is 4.02. The van der Waals surface area contributed by atoms with E-state index in [1.54, 1.807) is 24.3 Å². The average Bonchev–Trinajstić information content (AvgIpc) is 2.43. The average molecular weight is 287 g/mol. The van der Waals surface area contributed by atoms with Gasteiger partial charge in [0.15, 0.2) is 0 Å². The standard InChI is InChI=1S/C16H21N3O2/c1-12(2)16(21)10-19(11-16)8-7-15(20)18-14-5-3-13(9-17)4-6-14/h3-6,12,21H,7-8,10-11H2,1-2H3,(H,18,20). The van der Waals surface area contributed by atoms with Gasteiger partial charge in [-0.25, -0.2) is 0 Å². The third-order valence-electron chi connectivity index (χ3n) is 4.02. The molecule has 1 amide bonds. The van der Waals surface area contributed by atoms with Crippen molar-refractivity contribution in [1.29, 1.82) is 5.26 Å². The van der Waals surface area contributed by atoms with E-state index in [9.17, 15) is 9.90 Å². The summed E-state index contributed by atoms with van der Waals surface area (Å²) in [6.45, 7) is 5.94. The maximum atomic E-state index is 11.8. The first-order chi connectivity index (χ1) is 9.93. The first-order valence-corrected chi connectivity index (χ1v) is 7.18. The molecule has 1 heterocycles. The first-order valence-electron chi connectivity index (χ1n) is 7.18. The van der Waals surface area contributed by atoms with E-state index >= 15 is 0 Å². The van der Waals surface area contributed by atoms with Crippen LogP contribution in [0.2, 0.25) is 0 Å². The van der Waals surface area contributed by atoms with Gasteiger partial charge in [-0.2, -0.15) is 5.26 Å². The van der Waals surface area contributed by atoms with Crippen molar-refractivity contribution in [2.75, 3.05) is 25.0 Å². The van der Waals surface area contributed by atoms with E-state index in [2.05, 4.69) is 10.2 Å². The number of rotatable bonds is 5. The van der Waals surface area contributed by atoms with E-state index < -0.39 is 5.60 Å². The first kappa shape index (κ1) is 15.5. The van der Waals surface area contributed by atoms with Crippen molar-refractivity contribution in [3.05, 3.63) is 29.8 Å². The van der Waals surface area contributed by atoms with Crippen molar-refractivity contribution in [2.24, 2.45) is 5.92 Å². The van der Waals surface area contributed by atoms with Crippen LogP contribution >= 0.6 is 0 Å². The van der Waals surface area contributed by atoms with Crippen LogP contribution in [0.1, 0.15) is 25.8 Å². The molecule has 0 atom stereocenters. The van der Waals surface area contributed by atoms with Gasteiger partial charge < -0.3 is 10.4 Å². The number of aliphatic hydroxyl groups is 1. The van der Waals surface area contributed by atoms with Crippen LogP contribution in [0.15, 0.2) is 24.3 Å². The highest BCUT2D eigenvalue weighted by atomic mass is 16.3. The minimum atomic E-state index is -0.594. The van der Waals surface area contributed by atoms with Gasteiger partial charge in [-0.15, -0.1) is 0 Å². The number of nitrogens with one attached hydrogen (secondary N) is 1. The number of carbonyl (C=O) groups excluding carboxylic acids is 1. The van der Waals surface area contributed by atoms with Crippen LogP contribution in [0.5, 0.6) is 0 Å². The van der Waals surface area contributed by atoms with Gasteiger partial charge in [0, 0.05) is 31.7 Å². The lowest BCUT2D eigenvalue weighted by Crippen LogP contribution is -2.64. The molecule has 2 rings (SSSR count). The fourth-order valence-electron chi connectivity index (χ4n) is 2.36. The molecule has 5 nitrogen and oxygen atoms in total. The summed E-state index contributed by atoms with van der Waals surface area (Å²) in [7, 11) is 0. The van der Waals surface area contributed by atoms with Crippen LogP contribution in [0.4, 0.5) is 5.69 Å². The zero-order chi connectivity index (χ0) is 15.5. The summed E-state index contributed by atoms with van der Waals surface area (Å²) in [5.74, 6) is 0.181. The van der Waals surface area contributed by atoms with Crippen LogP contribution in [0.25, 0.3) is 0 Å². The smallest absolute Gasteiger partial charge is 0.225 e. The van der Waals surface area contributed by atoms with Gasteiger partial charge in [0.2, 0.25) is 5.91 Å². The summed E-state index contributed by atoms with van der Waals surface area (Å²) in [5.41, 5.74) is 0.673. The minimum Gasteiger partial charge on any atom is -0.387 e. The van der Waals surface area contributed by atoms with Crippen molar-refractivity contribution in [2.45, 2.75) is 25.9 Å². The van der Waals surface area contributed by atoms with Gasteiger partial charge in [-0.1, -0.05) is 13.8 Å². The Kier molecular flexibility index (Phi) is 4.61. The summed E-state index contributed by atoms with van der Waals surface area (Å²) < 4.78 is 0. The topological polar surface area (TPSA) is 76.4 Å². The molecule has 0 bridgehead atoms. The zero-order valence-corrected chi connectivity index (χ0v) is 12.5. The van der Waals surface area contributed by atoms with E-state index in [1.807, 2.05) is 19.9 Å². The fraction of sp³-hybridized carbons (Fsp3) is 0.500. The second-order valence-corrected chi connectivity index (χ2v) is 5.96. The van der Waals surface area contributed by atoms with Crippen molar-refractivity contribution < 1.29 is 9.90 Å². The summed E-state index contributed by atoms with van der Waals surface area (Å²) in [4.78, 5) is 13.9. The molecule has 5 heteroatoms. The Balaban J connectivity index is 1.72. The molecule has 1 aromatic rings. The fourth-order valence-corrected chi connectivity index (χ4v) is 2.36. The van der Waals surface area contributed by atoms with Gasteiger partial charge in [0.25, 0.3) is 0 Å². The van der Waals surface area contributed by atoms with Gasteiger partial charge >= 0.3 is 0 Å². The molecule has 0 radical (unpaired) electrons. The molecule has 1 aromatic carbocycles. The number of carbonyl (C=O) groups is 1. The Bertz CT molecular complexity index is 540. The van der Waals surface area contributed by atoms with E-state index in [0.29, 0.717) is 37.3 Å². The van der Waals surface area contributed by atoms with Crippen molar-refractivity contribution in [1.82, 2.24) is 4.90 Å². The monoisotopic (exact) mass is 287 g/mol. The zero-order valence-electron chi connectivity index (χ0n) is 12.5. The molecular weight excluding hydrogens is 266 g/mol. The normalized spacial score (nSPS) is 17.1. The van der Waals surface area contributed by atoms with Crippen molar-refractivity contribution in [3.63, 3.8) is 0 Å². The van der Waals surface area contributed by atoms with Crippen LogP contribution < -0.4 is 5.32 Å². The number of hydrogen-bond acceptors (Lipinski definition) is 4. The molecule has 0 unspecified atom stereocenters. The number of amides is 1. The summed E-state index contributed by atoms with van der Waals surface area (Å²) >= 11 is 0. The van der Waals surface area contributed by atoms with Crippen LogP contribution in [-0.2, 0) is 4.79 Å². The largest absolute Gasteiger partial charge is 0.387 e. The van der Waals surface area contributed by atoms with E-state index in [4.69, 9.17) is 5.26 Å². The van der Waals surface area contributed by atoms with Crippen molar-refractivity contribution in [3.8, 4) is 6.07 Å². The molecule has 0 saturated carbocycles. The predicted octanol–water partition coefficient (Wildman–Crippen LogP) is 1.59. The van der Waals surface area contributed by atoms with Gasteiger partial charge in [-0.05, 0) is 30.2 Å². The number of likely N-dealkylation sites (tertiary alicyclic amines) is 1. The number of anilines is 1. The number of nitriles is 1. The minimum absolute atomic E-state index is 0.0558. The maximum Gasteiger partial charge on any atom is 0.225 e. The maximum absolute atomic E-state index is 11.8. The number of benzene rings is 1. The van der Waals surface area contributed by atoms with Gasteiger partial charge in [0.1, 0.15) is 0 Å². The highest BCUT2D eigenvalue weighted by Gasteiger charge is 2.43. The number of hydrogen-bond donors (Lipinski definition) is 2. The van der Waals surface area contributed by atoms with Crippen LogP contribution in [0.3, 0.4) is 0 Å². The molecule has 1 aliphatic heterocycles. The molecule has 2 N–H and O–H groups in total. The van der Waals surface area contributed by atoms with Crippen LogP contribution in [0, 0.1) is 17.2 Å². The second kappa shape index (κ2) is 6.25. The highest BCUT2D eigenvalue weighted by molar-refractivity contribution is 5.90. The quantitative estimate of drug-likeness (QED) is 0.862. The molecule has 1 fully saturated rings. The SMILES string of the molecule is CC(C)C1(O)CN(CCC(=O)Nc2ccc(C#N)cc2)C1. The lowest BCUT2D eigenvalue weighted by molar-refractivity contribution is -0.132. The summed E-state index contributed by atoms with van der Waals surface area (Å²) in [5, 5.41) is 21.6. The highest BCUT2D eigenvalue weighted by Crippen LogP contribution is 2.28. The van der Waals surface area contributed by atoms with Crippen LogP contribution in [-0.4, -0.2) is 41.1 Å². The Hall–Kier alpha value is -1.90. The van der Waals surface area contributed by atoms with Gasteiger partial charge in [0.05, 0.1) is 17.2 Å². The molecule has 0 aliphatic carbocycles. The van der Waals surface area contributed by atoms with E-state index in [0.717, 1.165) is 0 Å². The van der Waals surface area contributed by atoms with E-state index in [-0.39, 0.29) is 11.8 Å². The Labute approximate surface area is 125 Å². The molecule has 112 valence electrons. The number of nitrogens with zero attached hydrogens (tertiary/aromatic N) is 2. The Morgan fingerprint density at radius 2 is 2.05 bits per heavy atom. The summed E-state index contributed by atoms with van der Waals surface area (Å²) in [6.07, 6.45) is 0.397. The van der Waals surface area contributed by atoms with Crippen molar-refractivity contribution >= 4 is 11.6 Å². The Morgan fingerprint density at radius 1 is 1.43 bits per heavy atom. The molecule has 0 aromatic heterocycles. The van der Waals surface area contributed by atoms with E-state index in [1.165, 1.54) is 0 Å². The Morgan fingerprint density at radius 3 is 2.57 bits per heavy atom. The molecular formula is C16H21N3O2. The second-order valence-electron chi connectivity index (χ2n) is 5.96. The molecule has 1 aliphatic rings. The number of β-amino-alcohol motifs (C(OH)–C–C–N with tert-alkyl or cyclic N) is 1. The third kappa shape index (κ3) is 3.81. The summed E-state index contributed by atoms with van der Waals surface area (Å²) in [6, 6.07) is 8.82. The molecule has 0 spiro atoms. The predicted molar refractivity (Wildman–Crippen MR) is 80.6 cm³/mol. The molecule has 1 saturated heterocycles. The van der Waals surface area contributed by atoms with Gasteiger partial charge in [-0.3, -0.25) is 9.69 Å². The lowest BCUT2D eigenvalue weighted by atomic mass is 9.83.